The maximum Gasteiger partial charge on any atom is 0.119 e. The Hall–Kier alpha value is -1.10. The van der Waals surface area contributed by atoms with Gasteiger partial charge >= 0.3 is 0 Å². The van der Waals surface area contributed by atoms with Crippen LogP contribution in [0.3, 0.4) is 0 Å². The van der Waals surface area contributed by atoms with E-state index in [0.717, 1.165) is 11.3 Å². The molecule has 17 heavy (non-hydrogen) atoms. The molecule has 4 heteroatoms. The van der Waals surface area contributed by atoms with Crippen molar-refractivity contribution in [3.8, 4) is 5.75 Å². The van der Waals surface area contributed by atoms with Crippen molar-refractivity contribution in [3.63, 3.8) is 0 Å². The van der Waals surface area contributed by atoms with Gasteiger partial charge in [-0.15, -0.1) is 0 Å². The summed E-state index contributed by atoms with van der Waals surface area (Å²) in [5.74, 6) is 0.727. The van der Waals surface area contributed by atoms with Gasteiger partial charge in [0.25, 0.3) is 0 Å². The molecule has 0 saturated heterocycles. The molecule has 0 saturated carbocycles. The standard InChI is InChI=1S/C13H21NO3/c1-3-16-8-12(15)9-17-13-6-4-11(5-7-13)10(2)14/h4-7,10,12,15H,3,8-9,14H2,1-2H3/t10-,12?/m0/s1. The number of hydrogen-bond donors (Lipinski definition) is 2. The van der Waals surface area contributed by atoms with Gasteiger partial charge < -0.3 is 20.3 Å². The largest absolute Gasteiger partial charge is 0.491 e. The first-order valence-electron chi connectivity index (χ1n) is 5.87. The van der Waals surface area contributed by atoms with Crippen molar-refractivity contribution in [2.75, 3.05) is 19.8 Å². The Balaban J connectivity index is 2.36. The van der Waals surface area contributed by atoms with Crippen molar-refractivity contribution in [2.45, 2.75) is 26.0 Å². The molecule has 3 N–H and O–H groups in total. The first-order chi connectivity index (χ1) is 8.13. The molecule has 0 spiro atoms. The average molecular weight is 239 g/mol. The normalized spacial score (nSPS) is 14.4. The van der Waals surface area contributed by atoms with Gasteiger partial charge in [0.15, 0.2) is 0 Å². The molecule has 0 radical (unpaired) electrons. The number of aliphatic hydroxyl groups excluding tert-OH is 1. The summed E-state index contributed by atoms with van der Waals surface area (Å²) in [5.41, 5.74) is 6.81. The minimum atomic E-state index is -0.594. The second-order valence-electron chi connectivity index (χ2n) is 3.98. The molecule has 96 valence electrons. The van der Waals surface area contributed by atoms with E-state index in [1.165, 1.54) is 0 Å². The predicted octanol–water partition coefficient (Wildman–Crippen LogP) is 1.48. The molecule has 1 aromatic carbocycles. The second-order valence-corrected chi connectivity index (χ2v) is 3.98. The number of rotatable bonds is 7. The summed E-state index contributed by atoms with van der Waals surface area (Å²) in [4.78, 5) is 0. The van der Waals surface area contributed by atoms with E-state index in [4.69, 9.17) is 15.2 Å². The lowest BCUT2D eigenvalue weighted by Crippen LogP contribution is -2.23. The van der Waals surface area contributed by atoms with Gasteiger partial charge in [-0.25, -0.2) is 0 Å². The van der Waals surface area contributed by atoms with Crippen LogP contribution < -0.4 is 10.5 Å². The highest BCUT2D eigenvalue weighted by atomic mass is 16.5. The van der Waals surface area contributed by atoms with E-state index in [0.29, 0.717) is 13.2 Å². The smallest absolute Gasteiger partial charge is 0.119 e. The van der Waals surface area contributed by atoms with Gasteiger partial charge in [0.05, 0.1) is 6.61 Å². The van der Waals surface area contributed by atoms with E-state index in [1.807, 2.05) is 38.1 Å². The van der Waals surface area contributed by atoms with Crippen LogP contribution in [0.1, 0.15) is 25.5 Å². The van der Waals surface area contributed by atoms with Crippen LogP contribution in [-0.2, 0) is 4.74 Å². The van der Waals surface area contributed by atoms with E-state index in [1.54, 1.807) is 0 Å². The lowest BCUT2D eigenvalue weighted by Gasteiger charge is -2.13. The van der Waals surface area contributed by atoms with Crippen molar-refractivity contribution in [2.24, 2.45) is 5.73 Å². The van der Waals surface area contributed by atoms with Crippen LogP contribution in [0.15, 0.2) is 24.3 Å². The molecule has 2 atom stereocenters. The zero-order valence-electron chi connectivity index (χ0n) is 10.4. The van der Waals surface area contributed by atoms with Gasteiger partial charge in [0.1, 0.15) is 18.5 Å². The monoisotopic (exact) mass is 239 g/mol. The molecule has 0 aliphatic rings. The van der Waals surface area contributed by atoms with Crippen LogP contribution in [0.5, 0.6) is 5.75 Å². The van der Waals surface area contributed by atoms with E-state index in [2.05, 4.69) is 0 Å². The van der Waals surface area contributed by atoms with Crippen molar-refractivity contribution in [3.05, 3.63) is 29.8 Å². The molecular formula is C13H21NO3. The maximum atomic E-state index is 9.51. The lowest BCUT2D eigenvalue weighted by atomic mass is 10.1. The Bertz CT molecular complexity index is 311. The average Bonchev–Trinajstić information content (AvgIpc) is 2.34. The Labute approximate surface area is 102 Å². The molecule has 1 unspecified atom stereocenters. The Morgan fingerprint density at radius 2 is 1.88 bits per heavy atom. The highest BCUT2D eigenvalue weighted by Crippen LogP contribution is 2.16. The molecule has 1 aromatic rings. The SMILES string of the molecule is CCOCC(O)COc1ccc([C@H](C)N)cc1. The fourth-order valence-electron chi connectivity index (χ4n) is 1.36. The summed E-state index contributed by atoms with van der Waals surface area (Å²) in [7, 11) is 0. The topological polar surface area (TPSA) is 64.7 Å². The number of ether oxygens (including phenoxy) is 2. The Morgan fingerprint density at radius 3 is 2.41 bits per heavy atom. The molecule has 0 amide bonds. The maximum absolute atomic E-state index is 9.51. The van der Waals surface area contributed by atoms with Gasteiger partial charge in [0, 0.05) is 12.6 Å². The number of aliphatic hydroxyl groups is 1. The molecule has 4 nitrogen and oxygen atoms in total. The Morgan fingerprint density at radius 1 is 1.24 bits per heavy atom. The summed E-state index contributed by atoms with van der Waals surface area (Å²) in [6.45, 7) is 4.95. The molecule has 0 fully saturated rings. The van der Waals surface area contributed by atoms with Crippen molar-refractivity contribution in [1.29, 1.82) is 0 Å². The van der Waals surface area contributed by atoms with Crippen molar-refractivity contribution in [1.82, 2.24) is 0 Å². The van der Waals surface area contributed by atoms with Crippen LogP contribution in [0, 0.1) is 0 Å². The highest BCUT2D eigenvalue weighted by molar-refractivity contribution is 5.28. The highest BCUT2D eigenvalue weighted by Gasteiger charge is 2.05. The summed E-state index contributed by atoms with van der Waals surface area (Å²) in [5, 5.41) is 9.51. The van der Waals surface area contributed by atoms with Crippen LogP contribution in [-0.4, -0.2) is 31.0 Å². The molecule has 0 aromatic heterocycles. The van der Waals surface area contributed by atoms with E-state index in [-0.39, 0.29) is 12.6 Å². The molecule has 0 bridgehead atoms. The van der Waals surface area contributed by atoms with Crippen molar-refractivity contribution < 1.29 is 14.6 Å². The quantitative estimate of drug-likeness (QED) is 0.756. The van der Waals surface area contributed by atoms with Crippen LogP contribution in [0.2, 0.25) is 0 Å². The van der Waals surface area contributed by atoms with Gasteiger partial charge in [-0.3, -0.25) is 0 Å². The molecule has 0 aliphatic heterocycles. The van der Waals surface area contributed by atoms with Crippen LogP contribution in [0.4, 0.5) is 0 Å². The molecule has 0 aliphatic carbocycles. The van der Waals surface area contributed by atoms with Gasteiger partial charge in [-0.1, -0.05) is 12.1 Å². The zero-order valence-corrected chi connectivity index (χ0v) is 10.4. The Kier molecular flexibility index (Phi) is 5.97. The fraction of sp³-hybridized carbons (Fsp3) is 0.538. The van der Waals surface area contributed by atoms with E-state index in [9.17, 15) is 5.11 Å². The first-order valence-corrected chi connectivity index (χ1v) is 5.87. The second kappa shape index (κ2) is 7.27. The predicted molar refractivity (Wildman–Crippen MR) is 67.0 cm³/mol. The lowest BCUT2D eigenvalue weighted by molar-refractivity contribution is 0.0164. The third kappa shape index (κ3) is 5.17. The summed E-state index contributed by atoms with van der Waals surface area (Å²) in [6.07, 6.45) is -0.594. The minimum Gasteiger partial charge on any atom is -0.491 e. The third-order valence-corrected chi connectivity index (χ3v) is 2.36. The van der Waals surface area contributed by atoms with Gasteiger partial charge in [0.2, 0.25) is 0 Å². The van der Waals surface area contributed by atoms with E-state index >= 15 is 0 Å². The zero-order chi connectivity index (χ0) is 12.7. The molecule has 0 heterocycles. The van der Waals surface area contributed by atoms with Crippen LogP contribution >= 0.6 is 0 Å². The number of nitrogens with two attached hydrogens (primary N) is 1. The minimum absolute atomic E-state index is 0.0209. The summed E-state index contributed by atoms with van der Waals surface area (Å²) >= 11 is 0. The molecular weight excluding hydrogens is 218 g/mol. The van der Waals surface area contributed by atoms with E-state index < -0.39 is 6.10 Å². The summed E-state index contributed by atoms with van der Waals surface area (Å²) < 4.78 is 10.5. The third-order valence-electron chi connectivity index (χ3n) is 2.36. The number of hydrogen-bond acceptors (Lipinski definition) is 4. The van der Waals surface area contributed by atoms with Crippen molar-refractivity contribution >= 4 is 0 Å². The van der Waals surface area contributed by atoms with Gasteiger partial charge in [-0.2, -0.15) is 0 Å². The first kappa shape index (κ1) is 14.0. The number of benzene rings is 1. The summed E-state index contributed by atoms with van der Waals surface area (Å²) in [6, 6.07) is 7.58. The molecule has 1 rings (SSSR count). The fourth-order valence-corrected chi connectivity index (χ4v) is 1.36. The van der Waals surface area contributed by atoms with Gasteiger partial charge in [-0.05, 0) is 31.5 Å². The van der Waals surface area contributed by atoms with Crippen LogP contribution in [0.25, 0.3) is 0 Å².